The van der Waals surface area contributed by atoms with Crippen molar-refractivity contribution in [2.24, 2.45) is 0 Å². The molecule has 1 nitrogen and oxygen atoms in total. The first-order chi connectivity index (χ1) is 10.3. The maximum atomic E-state index is 5.10. The third kappa shape index (κ3) is 16.8. The molecule has 0 fully saturated rings. The van der Waals surface area contributed by atoms with Crippen LogP contribution >= 0.6 is 36.1 Å². The molecule has 0 aliphatic heterocycles. The highest BCUT2D eigenvalue weighted by Gasteiger charge is 2.01. The molecule has 21 heavy (non-hydrogen) atoms. The van der Waals surface area contributed by atoms with Crippen molar-refractivity contribution in [1.29, 1.82) is 0 Å². The Balaban J connectivity index is 3.31. The average molecular weight is 350 g/mol. The molecular formula is C17H35NS3. The fourth-order valence-corrected chi connectivity index (χ4v) is 4.43. The molecule has 0 saturated carbocycles. The molecular weight excluding hydrogens is 314 g/mol. The molecule has 0 N–H and O–H groups in total. The fourth-order valence-electron chi connectivity index (χ4n) is 2.17. The van der Waals surface area contributed by atoms with E-state index in [1.807, 2.05) is 29.4 Å². The van der Waals surface area contributed by atoms with Crippen LogP contribution in [0.25, 0.3) is 0 Å². The minimum absolute atomic E-state index is 1.21. The molecule has 0 heterocycles. The summed E-state index contributed by atoms with van der Waals surface area (Å²) in [5.41, 5.74) is 1.81. The third-order valence-electron chi connectivity index (χ3n) is 3.52. The summed E-state index contributed by atoms with van der Waals surface area (Å²) in [4.78, 5) is 0. The Hall–Kier alpha value is 0.590. The Morgan fingerprint density at radius 2 is 1.05 bits per heavy atom. The standard InChI is InChI=1S/C17H35NS3/c1-3-5-7-9-11-13-15-20-18(17-19)21-16-14-12-10-8-6-4-2/h17H,3-16H2,1-2H3. The number of nitrogens with zero attached hydrogens (tertiary/aromatic N) is 1. The maximum absolute atomic E-state index is 5.10. The van der Waals surface area contributed by atoms with Crippen LogP contribution in [-0.4, -0.2) is 20.7 Å². The number of unbranched alkanes of at least 4 members (excludes halogenated alkanes) is 10. The molecule has 0 amide bonds. The summed E-state index contributed by atoms with van der Waals surface area (Å²) in [5.74, 6) is 2.42. The minimum atomic E-state index is 1.21. The fraction of sp³-hybridized carbons (Fsp3) is 0.941. The molecule has 0 aromatic rings. The summed E-state index contributed by atoms with van der Waals surface area (Å²) in [5, 5.41) is 0. The summed E-state index contributed by atoms with van der Waals surface area (Å²) in [7, 11) is 0. The zero-order chi connectivity index (χ0) is 15.6. The summed E-state index contributed by atoms with van der Waals surface area (Å²) in [6.45, 7) is 4.54. The smallest absolute Gasteiger partial charge is 0.0862 e. The quantitative estimate of drug-likeness (QED) is 0.154. The zero-order valence-electron chi connectivity index (χ0n) is 14.1. The molecule has 0 radical (unpaired) electrons. The maximum Gasteiger partial charge on any atom is 0.0862 e. The monoisotopic (exact) mass is 349 g/mol. The van der Waals surface area contributed by atoms with Gasteiger partial charge in [0.15, 0.2) is 0 Å². The van der Waals surface area contributed by atoms with Gasteiger partial charge in [0.05, 0.1) is 5.49 Å². The Bertz CT molecular complexity index is 194. The average Bonchev–Trinajstić information content (AvgIpc) is 2.51. The van der Waals surface area contributed by atoms with E-state index in [2.05, 4.69) is 17.6 Å². The molecule has 0 bridgehead atoms. The van der Waals surface area contributed by atoms with Crippen molar-refractivity contribution in [3.05, 3.63) is 0 Å². The van der Waals surface area contributed by atoms with E-state index < -0.39 is 0 Å². The second-order valence-corrected chi connectivity index (χ2v) is 8.15. The molecule has 0 atom stereocenters. The number of thiocarbonyl (C=S) groups is 1. The lowest BCUT2D eigenvalue weighted by Crippen LogP contribution is -2.04. The molecule has 0 unspecified atom stereocenters. The van der Waals surface area contributed by atoms with Gasteiger partial charge in [-0.1, -0.05) is 90.3 Å². The summed E-state index contributed by atoms with van der Waals surface area (Å²) >= 11 is 8.89. The predicted molar refractivity (Wildman–Crippen MR) is 107 cm³/mol. The van der Waals surface area contributed by atoms with E-state index in [9.17, 15) is 0 Å². The molecule has 0 saturated heterocycles. The van der Waals surface area contributed by atoms with Gasteiger partial charge in [0.2, 0.25) is 0 Å². The van der Waals surface area contributed by atoms with Crippen LogP contribution in [0.1, 0.15) is 90.9 Å². The van der Waals surface area contributed by atoms with Crippen LogP contribution in [0.4, 0.5) is 0 Å². The van der Waals surface area contributed by atoms with Gasteiger partial charge in [-0.2, -0.15) is 0 Å². The lowest BCUT2D eigenvalue weighted by Gasteiger charge is -2.15. The number of rotatable bonds is 17. The van der Waals surface area contributed by atoms with Crippen LogP contribution in [0.15, 0.2) is 0 Å². The lowest BCUT2D eigenvalue weighted by molar-refractivity contribution is 0.626. The Labute approximate surface area is 147 Å². The van der Waals surface area contributed by atoms with E-state index in [1.54, 1.807) is 0 Å². The molecule has 126 valence electrons. The molecule has 0 aliphatic carbocycles. The van der Waals surface area contributed by atoms with Gasteiger partial charge in [-0.3, -0.25) is 3.71 Å². The van der Waals surface area contributed by atoms with Crippen molar-refractivity contribution in [2.45, 2.75) is 90.9 Å². The van der Waals surface area contributed by atoms with E-state index in [4.69, 9.17) is 12.2 Å². The molecule has 0 aromatic carbocycles. The summed E-state index contributed by atoms with van der Waals surface area (Å²) < 4.78 is 2.19. The topological polar surface area (TPSA) is 3.24 Å². The van der Waals surface area contributed by atoms with Crippen molar-refractivity contribution in [2.75, 3.05) is 11.5 Å². The first-order valence-electron chi connectivity index (χ1n) is 8.85. The largest absolute Gasteiger partial charge is 0.255 e. The van der Waals surface area contributed by atoms with Crippen LogP contribution in [0.5, 0.6) is 0 Å². The van der Waals surface area contributed by atoms with Gasteiger partial charge < -0.3 is 0 Å². The van der Waals surface area contributed by atoms with E-state index >= 15 is 0 Å². The van der Waals surface area contributed by atoms with Crippen molar-refractivity contribution < 1.29 is 0 Å². The van der Waals surface area contributed by atoms with Gasteiger partial charge in [0.25, 0.3) is 0 Å². The Kier molecular flexibility index (Phi) is 19.2. The highest BCUT2D eigenvalue weighted by atomic mass is 32.2. The highest BCUT2D eigenvalue weighted by Crippen LogP contribution is 2.23. The Morgan fingerprint density at radius 1 is 0.667 bits per heavy atom. The van der Waals surface area contributed by atoms with Gasteiger partial charge in [-0.25, -0.2) is 0 Å². The van der Waals surface area contributed by atoms with E-state index in [0.29, 0.717) is 0 Å². The number of hydrogen-bond donors (Lipinski definition) is 0. The first-order valence-corrected chi connectivity index (χ1v) is 11.2. The molecule has 0 aromatic heterocycles. The predicted octanol–water partition coefficient (Wildman–Crippen LogP) is 7.26. The van der Waals surface area contributed by atoms with Crippen LogP contribution in [0.2, 0.25) is 0 Å². The minimum Gasteiger partial charge on any atom is -0.255 e. The first kappa shape index (κ1) is 21.6. The van der Waals surface area contributed by atoms with E-state index in [1.165, 1.54) is 88.6 Å². The highest BCUT2D eigenvalue weighted by molar-refractivity contribution is 8.13. The SMILES string of the molecule is CCCCCCCCSN(C=S)SCCCCCCCC. The molecule has 0 spiro atoms. The van der Waals surface area contributed by atoms with Crippen molar-refractivity contribution in [1.82, 2.24) is 3.71 Å². The van der Waals surface area contributed by atoms with E-state index in [0.717, 1.165) is 0 Å². The second-order valence-electron chi connectivity index (χ2n) is 5.59. The zero-order valence-corrected chi connectivity index (χ0v) is 16.6. The van der Waals surface area contributed by atoms with E-state index in [-0.39, 0.29) is 0 Å². The van der Waals surface area contributed by atoms with Crippen LogP contribution in [-0.2, 0) is 0 Å². The summed E-state index contributed by atoms with van der Waals surface area (Å²) in [6.07, 6.45) is 16.5. The van der Waals surface area contributed by atoms with Crippen LogP contribution < -0.4 is 0 Å². The van der Waals surface area contributed by atoms with Crippen LogP contribution in [0, 0.1) is 0 Å². The van der Waals surface area contributed by atoms with Gasteiger partial charge >= 0.3 is 0 Å². The molecule has 0 rings (SSSR count). The van der Waals surface area contributed by atoms with Crippen molar-refractivity contribution >= 4 is 41.6 Å². The number of hydrogen-bond acceptors (Lipinski definition) is 3. The van der Waals surface area contributed by atoms with Crippen LogP contribution in [0.3, 0.4) is 0 Å². The Morgan fingerprint density at radius 3 is 1.43 bits per heavy atom. The van der Waals surface area contributed by atoms with Crippen molar-refractivity contribution in [3.8, 4) is 0 Å². The molecule has 0 aliphatic rings. The normalized spacial score (nSPS) is 10.8. The summed E-state index contributed by atoms with van der Waals surface area (Å²) in [6, 6.07) is 0. The van der Waals surface area contributed by atoms with Gasteiger partial charge in [-0.15, -0.1) is 0 Å². The second kappa shape index (κ2) is 18.6. The van der Waals surface area contributed by atoms with Crippen molar-refractivity contribution in [3.63, 3.8) is 0 Å². The molecule has 4 heteroatoms. The van der Waals surface area contributed by atoms with Gasteiger partial charge in [0, 0.05) is 11.5 Å². The lowest BCUT2D eigenvalue weighted by atomic mass is 10.1. The third-order valence-corrected chi connectivity index (χ3v) is 6.29. The van der Waals surface area contributed by atoms with Gasteiger partial charge in [0.1, 0.15) is 0 Å². The van der Waals surface area contributed by atoms with Gasteiger partial charge in [-0.05, 0) is 36.7 Å².